The molecule has 0 unspecified atom stereocenters. The van der Waals surface area contributed by atoms with Crippen LogP contribution in [0.25, 0.3) is 11.0 Å². The third kappa shape index (κ3) is 6.21. The highest BCUT2D eigenvalue weighted by Gasteiger charge is 2.19. The first-order valence-electron chi connectivity index (χ1n) is 12.5. The summed E-state index contributed by atoms with van der Waals surface area (Å²) in [6.45, 7) is 5.42. The van der Waals surface area contributed by atoms with Crippen molar-refractivity contribution in [2.45, 2.75) is 51.7 Å². The van der Waals surface area contributed by atoms with Crippen LogP contribution in [-0.4, -0.2) is 70.9 Å². The Labute approximate surface area is 210 Å². The van der Waals surface area contributed by atoms with Crippen molar-refractivity contribution in [3.8, 4) is 5.75 Å². The fourth-order valence-electron chi connectivity index (χ4n) is 4.48. The standard InChI is InChI=1S/C25H36FN7O3/c1-3-4-7-32(8-9-34)24-23-21(29-25(27)30-24)16-33(31-23)15-19-20(26)12-17(13-22(19)35-2)14-28-18-5-10-36-11-6-18/h12-13,16,18,28,34H,3-11,14-15H2,1-2H3,(H2,27,29). The number of aliphatic hydroxyl groups is 1. The van der Waals surface area contributed by atoms with Crippen molar-refractivity contribution in [2.75, 3.05) is 50.7 Å². The molecular formula is C25H36FN7O3. The van der Waals surface area contributed by atoms with Gasteiger partial charge < -0.3 is 30.5 Å². The van der Waals surface area contributed by atoms with Gasteiger partial charge in [0, 0.05) is 38.9 Å². The van der Waals surface area contributed by atoms with Crippen molar-refractivity contribution < 1.29 is 19.0 Å². The van der Waals surface area contributed by atoms with E-state index in [0.717, 1.165) is 44.5 Å². The molecule has 4 N–H and O–H groups in total. The summed E-state index contributed by atoms with van der Waals surface area (Å²) in [4.78, 5) is 10.7. The van der Waals surface area contributed by atoms with Crippen LogP contribution in [0, 0.1) is 5.82 Å². The van der Waals surface area contributed by atoms with Crippen LogP contribution in [0.1, 0.15) is 43.7 Å². The van der Waals surface area contributed by atoms with Crippen LogP contribution in [0.4, 0.5) is 16.2 Å². The first kappa shape index (κ1) is 26.1. The largest absolute Gasteiger partial charge is 0.496 e. The molecule has 1 aliphatic rings. The van der Waals surface area contributed by atoms with Gasteiger partial charge in [0.2, 0.25) is 5.95 Å². The summed E-state index contributed by atoms with van der Waals surface area (Å²) in [5.74, 6) is 0.810. The second-order valence-electron chi connectivity index (χ2n) is 9.06. The fraction of sp³-hybridized carbons (Fsp3) is 0.560. The number of nitrogens with zero attached hydrogens (tertiary/aromatic N) is 5. The van der Waals surface area contributed by atoms with Crippen molar-refractivity contribution >= 4 is 22.8 Å². The number of hydrogen-bond acceptors (Lipinski definition) is 9. The Morgan fingerprint density at radius 3 is 2.81 bits per heavy atom. The number of nitrogens with two attached hydrogens (primary N) is 1. The lowest BCUT2D eigenvalue weighted by Gasteiger charge is -2.23. The quantitative estimate of drug-likeness (QED) is 0.343. The number of methoxy groups -OCH3 is 1. The minimum Gasteiger partial charge on any atom is -0.496 e. The third-order valence-electron chi connectivity index (χ3n) is 6.43. The van der Waals surface area contributed by atoms with E-state index in [-0.39, 0.29) is 24.9 Å². The van der Waals surface area contributed by atoms with Gasteiger partial charge in [0.05, 0.1) is 32.0 Å². The number of hydrogen-bond donors (Lipinski definition) is 3. The number of benzene rings is 1. The molecule has 1 saturated heterocycles. The third-order valence-corrected chi connectivity index (χ3v) is 6.43. The number of unbranched alkanes of at least 4 members (excludes halogenated alkanes) is 1. The van der Waals surface area contributed by atoms with E-state index in [0.29, 0.717) is 53.8 Å². The maximum Gasteiger partial charge on any atom is 0.222 e. The lowest BCUT2D eigenvalue weighted by Crippen LogP contribution is -2.34. The van der Waals surface area contributed by atoms with E-state index in [9.17, 15) is 5.11 Å². The van der Waals surface area contributed by atoms with Crippen LogP contribution in [-0.2, 0) is 17.8 Å². The van der Waals surface area contributed by atoms with E-state index in [1.165, 1.54) is 0 Å². The summed E-state index contributed by atoms with van der Waals surface area (Å²) in [5.41, 5.74) is 8.33. The molecule has 1 aromatic carbocycles. The van der Waals surface area contributed by atoms with E-state index in [4.69, 9.17) is 15.2 Å². The Hall–Kier alpha value is -3.02. The van der Waals surface area contributed by atoms with E-state index in [1.807, 2.05) is 11.0 Å². The molecular weight excluding hydrogens is 465 g/mol. The first-order chi connectivity index (χ1) is 17.5. The monoisotopic (exact) mass is 501 g/mol. The zero-order chi connectivity index (χ0) is 25.5. The van der Waals surface area contributed by atoms with Crippen molar-refractivity contribution in [3.63, 3.8) is 0 Å². The molecule has 4 rings (SSSR count). The smallest absolute Gasteiger partial charge is 0.222 e. The predicted molar refractivity (Wildman–Crippen MR) is 137 cm³/mol. The van der Waals surface area contributed by atoms with Crippen LogP contribution >= 0.6 is 0 Å². The number of anilines is 2. The number of aliphatic hydroxyl groups excluding tert-OH is 1. The van der Waals surface area contributed by atoms with Crippen molar-refractivity contribution in [1.29, 1.82) is 0 Å². The molecule has 0 saturated carbocycles. The van der Waals surface area contributed by atoms with Gasteiger partial charge in [-0.3, -0.25) is 4.68 Å². The van der Waals surface area contributed by atoms with Crippen LogP contribution in [0.5, 0.6) is 5.75 Å². The Kier molecular flexibility index (Phi) is 8.89. The maximum atomic E-state index is 15.3. The average molecular weight is 502 g/mol. The second-order valence-corrected chi connectivity index (χ2v) is 9.06. The highest BCUT2D eigenvalue weighted by Crippen LogP contribution is 2.28. The van der Waals surface area contributed by atoms with Crippen molar-refractivity contribution in [3.05, 3.63) is 35.3 Å². The van der Waals surface area contributed by atoms with E-state index in [1.54, 1.807) is 24.1 Å². The molecule has 0 amide bonds. The number of halogens is 1. The number of nitrogen functional groups attached to an aromatic ring is 1. The Balaban J connectivity index is 1.58. The first-order valence-corrected chi connectivity index (χ1v) is 12.5. The van der Waals surface area contributed by atoms with Crippen molar-refractivity contribution in [2.24, 2.45) is 0 Å². The Morgan fingerprint density at radius 2 is 2.08 bits per heavy atom. The topological polar surface area (TPSA) is 124 Å². The summed E-state index contributed by atoms with van der Waals surface area (Å²) in [6, 6.07) is 3.78. The number of fused-ring (bicyclic) bond motifs is 1. The minimum atomic E-state index is -0.353. The van der Waals surface area contributed by atoms with E-state index in [2.05, 4.69) is 27.3 Å². The van der Waals surface area contributed by atoms with Crippen LogP contribution in [0.3, 0.4) is 0 Å². The van der Waals surface area contributed by atoms with E-state index >= 15 is 4.39 Å². The average Bonchev–Trinajstić information content (AvgIpc) is 3.29. The number of aromatic nitrogens is 4. The molecule has 1 fully saturated rings. The maximum absolute atomic E-state index is 15.3. The van der Waals surface area contributed by atoms with Gasteiger partial charge in [-0.1, -0.05) is 13.3 Å². The summed E-state index contributed by atoms with van der Waals surface area (Å²) < 4.78 is 27.8. The fourth-order valence-corrected chi connectivity index (χ4v) is 4.48. The molecule has 36 heavy (non-hydrogen) atoms. The predicted octanol–water partition coefficient (Wildman–Crippen LogP) is 2.47. The van der Waals surface area contributed by atoms with Gasteiger partial charge in [-0.2, -0.15) is 10.1 Å². The van der Waals surface area contributed by atoms with Gasteiger partial charge in [0.25, 0.3) is 0 Å². The second kappa shape index (κ2) is 12.3. The molecule has 0 spiro atoms. The highest BCUT2D eigenvalue weighted by atomic mass is 19.1. The number of rotatable bonds is 12. The lowest BCUT2D eigenvalue weighted by molar-refractivity contribution is 0.0776. The highest BCUT2D eigenvalue weighted by molar-refractivity contribution is 5.86. The van der Waals surface area contributed by atoms with Gasteiger partial charge in [-0.05, 0) is 37.0 Å². The van der Waals surface area contributed by atoms with Crippen LogP contribution in [0.2, 0.25) is 0 Å². The normalized spacial score (nSPS) is 14.4. The van der Waals surface area contributed by atoms with Gasteiger partial charge >= 0.3 is 0 Å². The molecule has 1 aliphatic heterocycles. The Bertz CT molecular complexity index is 1150. The minimum absolute atomic E-state index is 0.0199. The zero-order valence-corrected chi connectivity index (χ0v) is 21.0. The molecule has 0 radical (unpaired) electrons. The molecule has 0 aliphatic carbocycles. The van der Waals surface area contributed by atoms with Gasteiger partial charge in [-0.25, -0.2) is 9.37 Å². The molecule has 196 valence electrons. The molecule has 3 aromatic rings. The van der Waals surface area contributed by atoms with Crippen molar-refractivity contribution in [1.82, 2.24) is 25.1 Å². The number of nitrogens with one attached hydrogen (secondary N) is 1. The van der Waals surface area contributed by atoms with Gasteiger partial charge in [-0.15, -0.1) is 0 Å². The van der Waals surface area contributed by atoms with Crippen LogP contribution < -0.4 is 20.7 Å². The molecule has 2 aromatic heterocycles. The zero-order valence-electron chi connectivity index (χ0n) is 21.0. The molecule has 0 bridgehead atoms. The molecule has 11 heteroatoms. The van der Waals surface area contributed by atoms with E-state index < -0.39 is 0 Å². The summed E-state index contributed by atoms with van der Waals surface area (Å²) >= 11 is 0. The molecule has 0 atom stereocenters. The van der Waals surface area contributed by atoms with Gasteiger partial charge in [0.1, 0.15) is 17.1 Å². The molecule has 10 nitrogen and oxygen atoms in total. The molecule has 3 heterocycles. The number of ether oxygens (including phenoxy) is 2. The lowest BCUT2D eigenvalue weighted by atomic mass is 10.1. The summed E-state index contributed by atoms with van der Waals surface area (Å²) in [5, 5.41) is 17.7. The van der Waals surface area contributed by atoms with Crippen LogP contribution in [0.15, 0.2) is 18.3 Å². The summed E-state index contributed by atoms with van der Waals surface area (Å²) in [7, 11) is 1.54. The summed E-state index contributed by atoms with van der Waals surface area (Å²) in [6.07, 6.45) is 5.57. The Morgan fingerprint density at radius 1 is 1.28 bits per heavy atom. The van der Waals surface area contributed by atoms with Gasteiger partial charge in [0.15, 0.2) is 11.3 Å². The SMILES string of the molecule is CCCCN(CCO)c1nc(N)nc2cn(Cc3c(F)cc(CNC4CCOCC4)cc3OC)nc12.